The van der Waals surface area contributed by atoms with Crippen molar-refractivity contribution < 1.29 is 31.8 Å². The first kappa shape index (κ1) is 21.5. The van der Waals surface area contributed by atoms with Crippen molar-refractivity contribution in [2.75, 3.05) is 12.4 Å². The average molecular weight is 433 g/mol. The van der Waals surface area contributed by atoms with E-state index in [1.54, 1.807) is 29.8 Å². The Kier molecular flexibility index (Phi) is 6.87. The predicted octanol–water partition coefficient (Wildman–Crippen LogP) is 3.84. The molecule has 28 heavy (non-hydrogen) atoms. The molecule has 10 heteroatoms. The summed E-state index contributed by atoms with van der Waals surface area (Å²) in [4.78, 5) is 23.2. The van der Waals surface area contributed by atoms with Gasteiger partial charge in [0.1, 0.15) is 5.75 Å². The Balaban J connectivity index is 0. The smallest absolute Gasteiger partial charge is 0.420 e. The summed E-state index contributed by atoms with van der Waals surface area (Å²) in [7, 11) is -3.00. The van der Waals surface area contributed by atoms with Crippen LogP contribution in [0.1, 0.15) is 16.8 Å². The highest BCUT2D eigenvalue weighted by molar-refractivity contribution is 7.90. The number of rotatable bonds is 6. The molecule has 0 aliphatic carbocycles. The topological polar surface area (TPSA) is 111 Å². The second-order valence-electron chi connectivity index (χ2n) is 5.78. The van der Waals surface area contributed by atoms with Crippen LogP contribution in [0.5, 0.6) is 5.75 Å². The highest BCUT2D eigenvalue weighted by atomic mass is 35.5. The first-order valence-corrected chi connectivity index (χ1v) is 9.93. The average Bonchev–Trinajstić information content (AvgIpc) is 2.63. The van der Waals surface area contributed by atoms with Crippen molar-refractivity contribution in [3.63, 3.8) is 0 Å². The van der Waals surface area contributed by atoms with Crippen molar-refractivity contribution in [2.45, 2.75) is 24.8 Å². The van der Waals surface area contributed by atoms with E-state index in [2.05, 4.69) is 10.1 Å². The van der Waals surface area contributed by atoms with Crippen LogP contribution in [0, 0.1) is 6.92 Å². The van der Waals surface area contributed by atoms with E-state index in [-0.39, 0.29) is 9.18 Å². The van der Waals surface area contributed by atoms with Crippen molar-refractivity contribution in [1.82, 2.24) is 4.72 Å². The molecule has 1 atom stereocenters. The minimum Gasteiger partial charge on any atom is -0.481 e. The molecule has 0 fully saturated rings. The molecule has 0 bridgehead atoms. The molecule has 0 aliphatic rings. The Morgan fingerprint density at radius 3 is 2.36 bits per heavy atom. The fourth-order valence-electron chi connectivity index (χ4n) is 2.16. The maximum absolute atomic E-state index is 12.3. The van der Waals surface area contributed by atoms with Crippen LogP contribution in [0.4, 0.5) is 10.5 Å². The number of hydrogen-bond acceptors (Lipinski definition) is 6. The van der Waals surface area contributed by atoms with Crippen LogP contribution >= 0.6 is 11.6 Å². The fraction of sp³-hybridized carbons (Fsp3) is 0.222. The molecule has 0 saturated heterocycles. The Morgan fingerprint density at radius 2 is 1.79 bits per heavy atom. The van der Waals surface area contributed by atoms with Gasteiger partial charge in [0.2, 0.25) is 0 Å². The number of hydrogen-bond donors (Lipinski definition) is 2. The number of aryl methyl sites for hydroxylation is 1. The molecule has 0 heterocycles. The molecule has 2 N–H and O–H groups in total. The van der Waals surface area contributed by atoms with Gasteiger partial charge < -0.3 is 14.8 Å². The third-order valence-electron chi connectivity index (χ3n) is 3.65. The van der Waals surface area contributed by atoms with E-state index in [1.165, 1.54) is 24.3 Å². The van der Waals surface area contributed by atoms with Gasteiger partial charge >= 0.3 is 6.09 Å². The molecular formula is C18H25ClN2O6S. The van der Waals surface area contributed by atoms with Gasteiger partial charge in [-0.1, -0.05) is 11.6 Å². The first-order valence-electron chi connectivity index (χ1n) is 8.07. The Labute approximate surface area is 172 Å². The summed E-state index contributed by atoms with van der Waals surface area (Å²) in [6, 6.07) is 10.3. The number of ether oxygens (including phenoxy) is 2. The third-order valence-corrected chi connectivity index (χ3v) is 5.21. The first-order chi connectivity index (χ1) is 13.1. The molecule has 0 saturated carbocycles. The van der Waals surface area contributed by atoms with Crippen LogP contribution in [-0.4, -0.2) is 33.6 Å². The van der Waals surface area contributed by atoms with Gasteiger partial charge in [0.05, 0.1) is 12.0 Å². The molecule has 0 spiro atoms. The molecule has 0 aromatic heterocycles. The molecule has 0 unspecified atom stereocenters. The lowest BCUT2D eigenvalue weighted by Crippen LogP contribution is -2.31. The Bertz CT molecular complexity index is 990. The zero-order valence-electron chi connectivity index (χ0n) is 15.4. The van der Waals surface area contributed by atoms with Crippen molar-refractivity contribution in [3.05, 3.63) is 53.1 Å². The van der Waals surface area contributed by atoms with E-state index >= 15 is 0 Å². The number of benzene rings is 2. The third kappa shape index (κ3) is 5.61. The number of amides is 2. The largest absolute Gasteiger partial charge is 0.481 e. The van der Waals surface area contributed by atoms with Gasteiger partial charge in [0.25, 0.3) is 15.9 Å². The lowest BCUT2D eigenvalue weighted by molar-refractivity contribution is -0.122. The highest BCUT2D eigenvalue weighted by Gasteiger charge is 2.19. The van der Waals surface area contributed by atoms with Gasteiger partial charge in [0.15, 0.2) is 6.10 Å². The fourth-order valence-corrected chi connectivity index (χ4v) is 3.30. The summed E-state index contributed by atoms with van der Waals surface area (Å²) in [6.45, 7) is 3.40. The zero-order chi connectivity index (χ0) is 20.9. The van der Waals surface area contributed by atoms with E-state index in [1.807, 2.05) is 6.92 Å². The Morgan fingerprint density at radius 1 is 1.14 bits per heavy atom. The summed E-state index contributed by atoms with van der Waals surface area (Å²) >= 11 is 5.90. The van der Waals surface area contributed by atoms with E-state index in [4.69, 9.17) is 16.3 Å². The van der Waals surface area contributed by atoms with Crippen molar-refractivity contribution >= 4 is 39.3 Å². The van der Waals surface area contributed by atoms with Crippen LogP contribution in [0.25, 0.3) is 0 Å². The number of carbonyl (C=O) groups excluding carboxylic acids is 2. The molecule has 2 amide bonds. The zero-order valence-corrected chi connectivity index (χ0v) is 16.9. The van der Waals surface area contributed by atoms with Crippen molar-refractivity contribution in [3.8, 4) is 5.75 Å². The van der Waals surface area contributed by atoms with E-state index in [0.29, 0.717) is 16.5 Å². The summed E-state index contributed by atoms with van der Waals surface area (Å²) < 4.78 is 35.6. The van der Waals surface area contributed by atoms with Gasteiger partial charge in [-0.05, 0) is 61.9 Å². The van der Waals surface area contributed by atoms with Crippen LogP contribution in [0.15, 0.2) is 47.4 Å². The van der Waals surface area contributed by atoms with Gasteiger partial charge in [-0.2, -0.15) is 0 Å². The monoisotopic (exact) mass is 432 g/mol. The van der Waals surface area contributed by atoms with Gasteiger partial charge in [0, 0.05) is 15.0 Å². The number of methoxy groups -OCH3 is 1. The molecule has 0 aliphatic heterocycles. The second kappa shape index (κ2) is 8.94. The number of nitrogens with one attached hydrogen (secondary N) is 2. The SMILES string of the molecule is COC(=O)NS(=O)(=O)c1ccc(NC(=O)[C@@H](C)Oc2ccc(Cl)cc2C)cc1.[HH].[HH].[HH]. The molecule has 8 nitrogen and oxygen atoms in total. The highest BCUT2D eigenvalue weighted by Crippen LogP contribution is 2.23. The summed E-state index contributed by atoms with van der Waals surface area (Å²) in [5.41, 5.74) is 1.16. The number of anilines is 1. The quantitative estimate of drug-likeness (QED) is 0.717. The molecule has 2 rings (SSSR count). The lowest BCUT2D eigenvalue weighted by Gasteiger charge is -2.16. The molecule has 0 radical (unpaired) electrons. The van der Waals surface area contributed by atoms with E-state index in [9.17, 15) is 18.0 Å². The van der Waals surface area contributed by atoms with Crippen molar-refractivity contribution in [2.24, 2.45) is 0 Å². The second-order valence-corrected chi connectivity index (χ2v) is 7.90. The molecule has 156 valence electrons. The maximum Gasteiger partial charge on any atom is 0.420 e. The molecular weight excluding hydrogens is 408 g/mol. The van der Waals surface area contributed by atoms with Crippen molar-refractivity contribution in [1.29, 1.82) is 0 Å². The normalized spacial score (nSPS) is 12.0. The van der Waals surface area contributed by atoms with Crippen LogP contribution in [0.3, 0.4) is 0 Å². The summed E-state index contributed by atoms with van der Waals surface area (Å²) in [6.07, 6.45) is -1.90. The standard InChI is InChI=1S/C18H19ClN2O6S.3H2/c1-11-10-13(19)4-9-16(11)27-12(2)17(22)20-14-5-7-15(8-6-14)28(24,25)21-18(23)26-3;;;/h4-10,12H,1-3H3,(H,20,22)(H,21,23);3*1H/t12-;;;/m1.../s1. The van der Waals surface area contributed by atoms with Crippen LogP contribution in [-0.2, 0) is 19.6 Å². The van der Waals surface area contributed by atoms with Crippen LogP contribution in [0.2, 0.25) is 5.02 Å². The lowest BCUT2D eigenvalue weighted by atomic mass is 10.2. The molecule has 2 aromatic rings. The minimum absolute atomic E-state index is 0. The van der Waals surface area contributed by atoms with Gasteiger partial charge in [-0.15, -0.1) is 0 Å². The summed E-state index contributed by atoms with van der Waals surface area (Å²) in [5, 5.41) is 3.19. The number of sulfonamides is 1. The number of halogens is 1. The van der Waals surface area contributed by atoms with Gasteiger partial charge in [-0.3, -0.25) is 4.79 Å². The van der Waals surface area contributed by atoms with Crippen LogP contribution < -0.4 is 14.8 Å². The predicted molar refractivity (Wildman–Crippen MR) is 110 cm³/mol. The number of carbonyl (C=O) groups is 2. The Hall–Kier alpha value is -2.78. The van der Waals surface area contributed by atoms with E-state index < -0.39 is 28.1 Å². The van der Waals surface area contributed by atoms with Gasteiger partial charge in [-0.25, -0.2) is 17.9 Å². The van der Waals surface area contributed by atoms with E-state index in [0.717, 1.165) is 12.7 Å². The molecule has 2 aromatic carbocycles. The maximum atomic E-state index is 12.3. The summed E-state index contributed by atoms with van der Waals surface area (Å²) in [5.74, 6) is 0.111. The minimum atomic E-state index is -4.05.